The third-order valence-corrected chi connectivity index (χ3v) is 16.3. The van der Waals surface area contributed by atoms with Crippen LogP contribution in [-0.4, -0.2) is 251 Å². The Morgan fingerprint density at radius 3 is 0.744 bits per heavy atom. The summed E-state index contributed by atoms with van der Waals surface area (Å²) < 4.78 is 0. The summed E-state index contributed by atoms with van der Waals surface area (Å²) >= 11 is 0. The van der Waals surface area contributed by atoms with E-state index < -0.39 is 0 Å². The van der Waals surface area contributed by atoms with Crippen LogP contribution in [0.4, 0.5) is 0 Å². The molecular weight excluding hydrogens is 1450 g/mol. The van der Waals surface area contributed by atoms with E-state index in [0.717, 1.165) is 104 Å². The minimum absolute atomic E-state index is 0. The van der Waals surface area contributed by atoms with E-state index in [0.29, 0.717) is 30.0 Å². The van der Waals surface area contributed by atoms with Gasteiger partial charge in [0.1, 0.15) is 0 Å². The predicted molar refractivity (Wildman–Crippen MR) is 368 cm³/mol. The Morgan fingerprint density at radius 1 is 0.278 bits per heavy atom. The fourth-order valence-electron chi connectivity index (χ4n) is 6.87. The van der Waals surface area contributed by atoms with Gasteiger partial charge in [-0.3, -0.25) is 9.80 Å². The number of aliphatic hydroxyl groups excluding tert-OH is 7. The molecule has 7 N–H and O–H groups in total. The molecule has 0 saturated heterocycles. The average Bonchev–Trinajstić information content (AvgIpc) is 3.36. The maximum absolute atomic E-state index is 9.89. The monoisotopic (exact) mass is 1610 g/mol. The molecule has 21 heteroatoms. The van der Waals surface area contributed by atoms with Crippen molar-refractivity contribution in [1.29, 1.82) is 0 Å². The van der Waals surface area contributed by atoms with Gasteiger partial charge in [-0.2, -0.15) is 0 Å². The van der Waals surface area contributed by atoms with Crippen molar-refractivity contribution < 1.29 is 153 Å². The van der Waals surface area contributed by atoms with E-state index in [2.05, 4.69) is 230 Å². The van der Waals surface area contributed by atoms with E-state index in [1.807, 2.05) is 53.9 Å². The van der Waals surface area contributed by atoms with E-state index >= 15 is 0 Å². The van der Waals surface area contributed by atoms with Crippen LogP contribution >= 0.6 is 0 Å². The van der Waals surface area contributed by atoms with Gasteiger partial charge in [-0.1, -0.05) is 193 Å². The maximum Gasteiger partial charge on any atom is 0.0715 e. The second-order valence-corrected chi connectivity index (χ2v) is 30.3. The third-order valence-electron chi connectivity index (χ3n) is 16.3. The molecule has 0 amide bonds. The van der Waals surface area contributed by atoms with Gasteiger partial charge in [-0.15, -0.1) is 0 Å². The zero-order chi connectivity index (χ0) is 67.8. The fraction of sp³-hybridized carbons (Fsp3) is 1.00. The molecule has 0 saturated carbocycles. The van der Waals surface area contributed by atoms with Crippen molar-refractivity contribution in [2.45, 2.75) is 295 Å². The van der Waals surface area contributed by atoms with Crippen molar-refractivity contribution in [1.82, 2.24) is 34.3 Å². The Balaban J connectivity index is -0.0000000617. The van der Waals surface area contributed by atoms with Gasteiger partial charge in [0.15, 0.2) is 0 Å². The quantitative estimate of drug-likeness (QED) is 0.0396. The smallest absolute Gasteiger partial charge is 0.0715 e. The van der Waals surface area contributed by atoms with E-state index in [-0.39, 0.29) is 187 Å². The first kappa shape index (κ1) is 126. The largest absolute Gasteiger partial charge is 0.392 e. The molecular formula is C69H159Co7N7O7. The number of aliphatic hydroxyl groups is 7. The topological polar surface area (TPSA) is 164 Å². The third kappa shape index (κ3) is 75.2. The number of hydrogen-bond donors (Lipinski definition) is 7. The summed E-state index contributed by atoms with van der Waals surface area (Å²) in [4.78, 5) is 15.4. The minimum atomic E-state index is -0.245. The molecule has 9 atom stereocenters. The first-order chi connectivity index (χ1) is 37.3. The van der Waals surface area contributed by atoms with Crippen molar-refractivity contribution in [3.05, 3.63) is 0 Å². The summed E-state index contributed by atoms with van der Waals surface area (Å²) in [5.74, 6) is 0.832. The molecule has 0 aromatic rings. The molecule has 9 unspecified atom stereocenters. The zero-order valence-corrected chi connectivity index (χ0v) is 72.6. The molecule has 575 valence electrons. The molecule has 0 aliphatic rings. The van der Waals surface area contributed by atoms with Crippen molar-refractivity contribution in [3.8, 4) is 0 Å². The normalized spacial score (nSPS) is 14.6. The van der Waals surface area contributed by atoms with E-state index in [1.54, 1.807) is 0 Å². The first-order valence-corrected chi connectivity index (χ1v) is 33.1. The SMILES string of the molecule is CC(C)N(C)CC(O)C(C)(C)C.CCC(C)C(O)CN(CC)C(C)C.CCC(C)C(O)CN(CC)CC.CCN(C)CC(O)C(C)(C)C.CCN(CC(O)C(C)(C)C)C(C)C.CCN(CC)CC(O)C(C)(C)C.CN(C)CC(O)C(C)(C)C.[Co].[Co].[Co].[Co].[Co].[Co].[Co]. The Morgan fingerprint density at radius 2 is 0.522 bits per heavy atom. The predicted octanol–water partition coefficient (Wildman–Crippen LogP) is 11.7. The molecule has 0 aliphatic carbocycles. The molecule has 0 aromatic heterocycles. The van der Waals surface area contributed by atoms with Gasteiger partial charge in [0.2, 0.25) is 0 Å². The van der Waals surface area contributed by atoms with Crippen molar-refractivity contribution in [3.63, 3.8) is 0 Å². The second-order valence-electron chi connectivity index (χ2n) is 30.3. The zero-order valence-electron chi connectivity index (χ0n) is 65.3. The molecule has 0 heterocycles. The summed E-state index contributed by atoms with van der Waals surface area (Å²) in [6.07, 6.45) is 0.605. The molecule has 7 radical (unpaired) electrons. The van der Waals surface area contributed by atoms with Gasteiger partial charge >= 0.3 is 0 Å². The van der Waals surface area contributed by atoms with Crippen LogP contribution in [0, 0.1) is 38.9 Å². The fourth-order valence-corrected chi connectivity index (χ4v) is 6.87. The second kappa shape index (κ2) is 67.8. The summed E-state index contributed by atoms with van der Waals surface area (Å²) in [5.41, 5.74) is -0.0122. The van der Waals surface area contributed by atoms with Crippen LogP contribution in [0.1, 0.15) is 234 Å². The van der Waals surface area contributed by atoms with Crippen LogP contribution in [0.25, 0.3) is 0 Å². The first-order valence-electron chi connectivity index (χ1n) is 33.1. The molecule has 0 aliphatic heterocycles. The maximum atomic E-state index is 9.89. The van der Waals surface area contributed by atoms with Crippen molar-refractivity contribution in [2.24, 2.45) is 38.9 Å². The Labute approximate surface area is 636 Å². The van der Waals surface area contributed by atoms with Gasteiger partial charge < -0.3 is 60.2 Å². The van der Waals surface area contributed by atoms with Gasteiger partial charge in [0.05, 0.1) is 42.7 Å². The molecule has 0 bridgehead atoms. The molecule has 0 fully saturated rings. The minimum Gasteiger partial charge on any atom is -0.392 e. The van der Waals surface area contributed by atoms with Crippen molar-refractivity contribution >= 4 is 0 Å². The average molecular weight is 1610 g/mol. The number of rotatable bonds is 28. The van der Waals surface area contributed by atoms with E-state index in [1.165, 1.54) is 0 Å². The molecule has 90 heavy (non-hydrogen) atoms. The Hall–Kier alpha value is 2.99. The standard InChI is InChI=1S/2C11H25NO.3C10H23NO.C9H21NO.C8H19NO.7Co/c1-7-12(9(2)3)8-10(13)11(4,5)6;1-6-10(5)11(13)8-12(7-2)9(3)4;1-8(2)11(6)7-9(12)10(3,4)5;1-6-11(7-2)8-9(12)10(3,4)5;1-5-9(4)10(12)8-11(6-2)7-3;1-6-10(5)7-8(11)9(2,3)4;1-8(2,3)7(10)6-9(4)5;;;;;;;/h9-10,13H,7-8H2,1-6H3;9-11,13H,6-8H2,1-5H3;8-9,12H,7H2,1-6H3;9,12H,6-8H2,1-5H3;9-10,12H,5-8H2,1-4H3;8,11H,6-7H2,1-5H3;7,10H,6H2,1-5H3;;;;;;;. The van der Waals surface area contributed by atoms with Gasteiger partial charge in [-0.05, 0) is 154 Å². The van der Waals surface area contributed by atoms with Crippen molar-refractivity contribution in [2.75, 3.05) is 120 Å². The van der Waals surface area contributed by atoms with Crippen LogP contribution < -0.4 is 0 Å². The summed E-state index contributed by atoms with van der Waals surface area (Å²) in [5, 5.41) is 68.1. The van der Waals surface area contributed by atoms with Crippen LogP contribution in [0.5, 0.6) is 0 Å². The molecule has 0 spiro atoms. The molecule has 0 aromatic carbocycles. The van der Waals surface area contributed by atoms with Crippen LogP contribution in [0.15, 0.2) is 0 Å². The Bertz CT molecular complexity index is 1400. The molecule has 14 nitrogen and oxygen atoms in total. The number of hydrogen-bond acceptors (Lipinski definition) is 14. The van der Waals surface area contributed by atoms with Gasteiger partial charge in [0, 0.05) is 181 Å². The summed E-state index contributed by atoms with van der Waals surface area (Å²) in [6, 6.07) is 1.55. The Kier molecular flexibility index (Phi) is 95.0. The van der Waals surface area contributed by atoms with Gasteiger partial charge in [0.25, 0.3) is 0 Å². The summed E-state index contributed by atoms with van der Waals surface area (Å²) in [6.45, 7) is 79.8. The number of likely N-dealkylation sites (N-methyl/N-ethyl adjacent to an activating group) is 7. The van der Waals surface area contributed by atoms with Crippen LogP contribution in [-0.2, 0) is 117 Å². The molecule has 0 rings (SSSR count). The van der Waals surface area contributed by atoms with E-state index in [9.17, 15) is 35.7 Å². The van der Waals surface area contributed by atoms with Gasteiger partial charge in [-0.25, -0.2) is 0 Å². The van der Waals surface area contributed by atoms with Crippen LogP contribution in [0.3, 0.4) is 0 Å². The van der Waals surface area contributed by atoms with Crippen LogP contribution in [0.2, 0.25) is 0 Å². The number of nitrogens with zero attached hydrogens (tertiary/aromatic N) is 7. The summed E-state index contributed by atoms with van der Waals surface area (Å²) in [7, 11) is 8.00. The van der Waals surface area contributed by atoms with E-state index in [4.69, 9.17) is 0 Å².